The van der Waals surface area contributed by atoms with Gasteiger partial charge in [-0.1, -0.05) is 18.5 Å². The monoisotopic (exact) mass is 286 g/mol. The number of carbonyl (C=O) groups excluding carboxylic acids is 2. The first kappa shape index (κ1) is 15.4. The number of esters is 1. The van der Waals surface area contributed by atoms with Gasteiger partial charge in [-0.25, -0.2) is 4.79 Å². The van der Waals surface area contributed by atoms with Gasteiger partial charge in [-0.2, -0.15) is 0 Å². The fourth-order valence-electron chi connectivity index (χ4n) is 1.41. The second-order valence-electron chi connectivity index (χ2n) is 3.82. The number of H-pyrrole nitrogens is 1. The highest BCUT2D eigenvalue weighted by atomic mass is 35.5. The lowest BCUT2D eigenvalue weighted by molar-refractivity contribution is -0.144. The van der Waals surface area contributed by atoms with Gasteiger partial charge in [0.15, 0.2) is 11.8 Å². The minimum absolute atomic E-state index is 0.109. The SMILES string of the molecule is CCCOC(=O)C(NC)C(=O)c1c[nH]c(=O)c(Cl)c1. The molecular formula is C12H15ClN2O4. The van der Waals surface area contributed by atoms with Crippen LogP contribution in [0.5, 0.6) is 0 Å². The van der Waals surface area contributed by atoms with Crippen LogP contribution in [0.25, 0.3) is 0 Å². The molecule has 1 atom stereocenters. The molecule has 0 saturated heterocycles. The molecule has 6 nitrogen and oxygen atoms in total. The number of ether oxygens (including phenoxy) is 1. The first-order valence-corrected chi connectivity index (χ1v) is 6.15. The highest BCUT2D eigenvalue weighted by Gasteiger charge is 2.27. The van der Waals surface area contributed by atoms with Crippen molar-refractivity contribution in [2.75, 3.05) is 13.7 Å². The minimum atomic E-state index is -1.12. The standard InChI is InChI=1S/C12H15ClN2O4/c1-3-4-19-12(18)9(14-2)10(16)7-5-8(13)11(17)15-6-7/h5-6,9,14H,3-4H2,1-2H3,(H,15,17). The Labute approximate surface area is 115 Å². The Morgan fingerprint density at radius 2 is 2.21 bits per heavy atom. The number of aromatic nitrogens is 1. The number of aromatic amines is 1. The van der Waals surface area contributed by atoms with E-state index in [0.717, 1.165) is 0 Å². The second-order valence-corrected chi connectivity index (χ2v) is 4.23. The summed E-state index contributed by atoms with van der Waals surface area (Å²) in [5, 5.41) is 2.48. The predicted molar refractivity (Wildman–Crippen MR) is 70.5 cm³/mol. The van der Waals surface area contributed by atoms with E-state index in [2.05, 4.69) is 10.3 Å². The van der Waals surface area contributed by atoms with Crippen LogP contribution in [0, 0.1) is 0 Å². The number of Topliss-reactive ketones (excluding diaryl/α,β-unsaturated/α-hetero) is 1. The molecular weight excluding hydrogens is 272 g/mol. The molecule has 7 heteroatoms. The minimum Gasteiger partial charge on any atom is -0.464 e. The molecule has 1 heterocycles. The summed E-state index contributed by atoms with van der Waals surface area (Å²) in [4.78, 5) is 37.2. The van der Waals surface area contributed by atoms with Crippen molar-refractivity contribution in [1.82, 2.24) is 10.3 Å². The van der Waals surface area contributed by atoms with Gasteiger partial charge in [0.05, 0.1) is 6.61 Å². The summed E-state index contributed by atoms with van der Waals surface area (Å²) in [7, 11) is 1.48. The third kappa shape index (κ3) is 3.90. The maximum atomic E-state index is 12.1. The number of hydrogen-bond donors (Lipinski definition) is 2. The van der Waals surface area contributed by atoms with Crippen molar-refractivity contribution >= 4 is 23.4 Å². The largest absolute Gasteiger partial charge is 0.464 e. The van der Waals surface area contributed by atoms with Crippen LogP contribution < -0.4 is 10.9 Å². The van der Waals surface area contributed by atoms with Crippen molar-refractivity contribution in [3.63, 3.8) is 0 Å². The van der Waals surface area contributed by atoms with E-state index in [1.54, 1.807) is 0 Å². The lowest BCUT2D eigenvalue weighted by atomic mass is 10.1. The van der Waals surface area contributed by atoms with Crippen LogP contribution in [0.4, 0.5) is 0 Å². The summed E-state index contributed by atoms with van der Waals surface area (Å²) in [6.45, 7) is 2.10. The van der Waals surface area contributed by atoms with E-state index in [1.165, 1.54) is 19.3 Å². The summed E-state index contributed by atoms with van der Waals surface area (Å²) >= 11 is 5.64. The van der Waals surface area contributed by atoms with Gasteiger partial charge in [-0.15, -0.1) is 0 Å². The number of pyridine rings is 1. The van der Waals surface area contributed by atoms with Crippen molar-refractivity contribution in [2.24, 2.45) is 0 Å². The summed E-state index contributed by atoms with van der Waals surface area (Å²) in [6, 6.07) is 0.105. The summed E-state index contributed by atoms with van der Waals surface area (Å²) in [6.07, 6.45) is 1.88. The van der Waals surface area contributed by atoms with Crippen molar-refractivity contribution in [3.8, 4) is 0 Å². The Hall–Kier alpha value is -1.66. The highest BCUT2D eigenvalue weighted by molar-refractivity contribution is 6.30. The fraction of sp³-hybridized carbons (Fsp3) is 0.417. The van der Waals surface area contributed by atoms with E-state index >= 15 is 0 Å². The molecule has 0 aromatic carbocycles. The van der Waals surface area contributed by atoms with Gasteiger partial charge in [-0.05, 0) is 19.5 Å². The zero-order chi connectivity index (χ0) is 14.4. The maximum absolute atomic E-state index is 12.1. The average Bonchev–Trinajstić information content (AvgIpc) is 2.40. The van der Waals surface area contributed by atoms with Crippen LogP contribution in [0.15, 0.2) is 17.1 Å². The Kier molecular flexibility index (Phi) is 5.72. The molecule has 2 N–H and O–H groups in total. The molecule has 1 rings (SSSR count). The molecule has 1 aromatic rings. The fourth-order valence-corrected chi connectivity index (χ4v) is 1.58. The summed E-state index contributed by atoms with van der Waals surface area (Å²) in [5.74, 6) is -1.17. The zero-order valence-electron chi connectivity index (χ0n) is 10.7. The van der Waals surface area contributed by atoms with Crippen LogP contribution in [0.2, 0.25) is 5.02 Å². The predicted octanol–water partition coefficient (Wildman–Crippen LogP) is 0.752. The van der Waals surface area contributed by atoms with Crippen molar-refractivity contribution in [1.29, 1.82) is 0 Å². The molecule has 0 radical (unpaired) electrons. The third-order valence-corrected chi connectivity index (χ3v) is 2.66. The lowest BCUT2D eigenvalue weighted by Crippen LogP contribution is -2.42. The molecule has 0 spiro atoms. The number of ketones is 1. The molecule has 1 aromatic heterocycles. The Balaban J connectivity index is 2.91. The zero-order valence-corrected chi connectivity index (χ0v) is 11.4. The van der Waals surface area contributed by atoms with Gasteiger partial charge in [0.25, 0.3) is 5.56 Å². The first-order chi connectivity index (χ1) is 9.01. The quantitative estimate of drug-likeness (QED) is 0.458. The van der Waals surface area contributed by atoms with Crippen LogP contribution in [-0.2, 0) is 9.53 Å². The number of hydrogen-bond acceptors (Lipinski definition) is 5. The van der Waals surface area contributed by atoms with Gasteiger partial charge in [0.2, 0.25) is 0 Å². The molecule has 19 heavy (non-hydrogen) atoms. The van der Waals surface area contributed by atoms with Gasteiger partial charge in [0, 0.05) is 11.8 Å². The van der Waals surface area contributed by atoms with Crippen molar-refractivity contribution in [3.05, 3.63) is 33.2 Å². The van der Waals surface area contributed by atoms with E-state index in [-0.39, 0.29) is 17.2 Å². The molecule has 1 unspecified atom stereocenters. The van der Waals surface area contributed by atoms with Gasteiger partial charge in [-0.3, -0.25) is 9.59 Å². The van der Waals surface area contributed by atoms with Crippen LogP contribution >= 0.6 is 11.6 Å². The van der Waals surface area contributed by atoms with Crippen molar-refractivity contribution < 1.29 is 14.3 Å². The maximum Gasteiger partial charge on any atom is 0.331 e. The summed E-state index contributed by atoms with van der Waals surface area (Å²) in [5.41, 5.74) is -0.356. The molecule has 0 aliphatic rings. The first-order valence-electron chi connectivity index (χ1n) is 5.77. The van der Waals surface area contributed by atoms with E-state index in [1.807, 2.05) is 6.92 Å². The third-order valence-electron chi connectivity index (χ3n) is 2.38. The number of carbonyl (C=O) groups is 2. The van der Waals surface area contributed by atoms with E-state index in [9.17, 15) is 14.4 Å². The van der Waals surface area contributed by atoms with Crippen LogP contribution in [0.1, 0.15) is 23.7 Å². The number of halogens is 1. The molecule has 0 bridgehead atoms. The molecule has 104 valence electrons. The van der Waals surface area contributed by atoms with Crippen LogP contribution in [-0.4, -0.2) is 36.4 Å². The Bertz CT molecular complexity index is 527. The topological polar surface area (TPSA) is 88.3 Å². The summed E-state index contributed by atoms with van der Waals surface area (Å²) < 4.78 is 4.91. The average molecular weight is 287 g/mol. The Morgan fingerprint density at radius 3 is 2.74 bits per heavy atom. The second kappa shape index (κ2) is 7.06. The number of rotatable bonds is 6. The molecule has 0 aliphatic heterocycles. The molecule has 0 saturated carbocycles. The van der Waals surface area contributed by atoms with Gasteiger partial charge < -0.3 is 15.0 Å². The van der Waals surface area contributed by atoms with Gasteiger partial charge in [0.1, 0.15) is 5.02 Å². The number of likely N-dealkylation sites (N-methyl/N-ethyl adjacent to an activating group) is 1. The number of nitrogens with one attached hydrogen (secondary N) is 2. The molecule has 0 fully saturated rings. The molecule has 0 amide bonds. The lowest BCUT2D eigenvalue weighted by Gasteiger charge is -2.13. The smallest absolute Gasteiger partial charge is 0.331 e. The van der Waals surface area contributed by atoms with Crippen LogP contribution in [0.3, 0.4) is 0 Å². The molecule has 0 aliphatic carbocycles. The van der Waals surface area contributed by atoms with Gasteiger partial charge >= 0.3 is 5.97 Å². The Morgan fingerprint density at radius 1 is 1.53 bits per heavy atom. The van der Waals surface area contributed by atoms with E-state index in [4.69, 9.17) is 16.3 Å². The normalized spacial score (nSPS) is 11.9. The highest BCUT2D eigenvalue weighted by Crippen LogP contribution is 2.08. The van der Waals surface area contributed by atoms with Crippen molar-refractivity contribution in [2.45, 2.75) is 19.4 Å². The van der Waals surface area contributed by atoms with E-state index < -0.39 is 23.4 Å². The van der Waals surface area contributed by atoms with E-state index in [0.29, 0.717) is 6.42 Å².